The molecule has 44 heavy (non-hydrogen) atoms. The predicted octanol–water partition coefficient (Wildman–Crippen LogP) is 6.56. The van der Waals surface area contributed by atoms with Crippen LogP contribution in [0.3, 0.4) is 0 Å². The summed E-state index contributed by atoms with van der Waals surface area (Å²) in [5.41, 5.74) is 2.90. The van der Waals surface area contributed by atoms with E-state index in [1.807, 2.05) is 13.8 Å². The normalized spacial score (nSPS) is 18.4. The first-order valence-electron chi connectivity index (χ1n) is 13.2. The van der Waals surface area contributed by atoms with E-state index in [1.165, 1.54) is 38.5 Å². The Morgan fingerprint density at radius 1 is 0.614 bits per heavy atom. The molecule has 0 spiro atoms. The van der Waals surface area contributed by atoms with Crippen molar-refractivity contribution in [2.24, 2.45) is 20.4 Å². The van der Waals surface area contributed by atoms with Crippen LogP contribution in [-0.4, -0.2) is 77.7 Å². The second kappa shape index (κ2) is 17.2. The number of halogens is 6. The zero-order valence-corrected chi connectivity index (χ0v) is 27.5. The van der Waals surface area contributed by atoms with E-state index < -0.39 is 7.81 Å². The van der Waals surface area contributed by atoms with Crippen molar-refractivity contribution >= 4 is 54.8 Å². The van der Waals surface area contributed by atoms with Crippen LogP contribution in [0.5, 0.6) is 0 Å². The van der Waals surface area contributed by atoms with Gasteiger partial charge in [0.05, 0.1) is 23.8 Å². The van der Waals surface area contributed by atoms with Gasteiger partial charge in [-0.3, -0.25) is 19.9 Å². The molecular formula is C24H32F6FeN10PS2. The van der Waals surface area contributed by atoms with Crippen LogP contribution < -0.4 is 0 Å². The van der Waals surface area contributed by atoms with E-state index in [1.54, 1.807) is 37.2 Å². The molecular weight excluding hydrogens is 693 g/mol. The number of rotatable bonds is 4. The standard InChI is InChI=1S/2C12H17N5S.F6P.Fe/c2*1-10(11-9-13-5-6-14-11)15-16-12(18)17-7-3-2-4-8-17;1-7(2,3,4,5)6;/h2*5-6,9H,2-4,7-8H2,1H3,(H,16,18);;/q;;-1;+3/p-2/b2*15-10+;;. The van der Waals surface area contributed by atoms with Crippen LogP contribution in [0.25, 0.3) is 0 Å². The van der Waals surface area contributed by atoms with Gasteiger partial charge in [0.2, 0.25) is 0 Å². The van der Waals surface area contributed by atoms with Crippen molar-refractivity contribution in [2.75, 3.05) is 26.2 Å². The molecule has 2 aromatic heterocycles. The summed E-state index contributed by atoms with van der Waals surface area (Å²) in [5.74, 6) is 0. The third-order valence-corrected chi connectivity index (χ3v) is 6.37. The molecule has 0 bridgehead atoms. The number of hydrogen-bond acceptors (Lipinski definition) is 10. The van der Waals surface area contributed by atoms with Crippen LogP contribution >= 0.6 is 7.81 Å². The summed E-state index contributed by atoms with van der Waals surface area (Å²) >= 11 is 10.5. The van der Waals surface area contributed by atoms with Crippen molar-refractivity contribution in [1.82, 2.24) is 29.7 Å². The van der Waals surface area contributed by atoms with E-state index in [0.29, 0.717) is 10.3 Å². The maximum Gasteiger partial charge on any atom is 3.00 e. The molecule has 0 atom stereocenters. The molecule has 2 aliphatic rings. The second-order valence-corrected chi connectivity index (χ2v) is 12.0. The Morgan fingerprint density at radius 3 is 1.20 bits per heavy atom. The molecule has 20 heteroatoms. The first kappa shape index (κ1) is 39.4. The summed E-state index contributed by atoms with van der Waals surface area (Å²) in [6.45, 7) is 7.66. The fraction of sp³-hybridized carbons (Fsp3) is 0.500. The van der Waals surface area contributed by atoms with Crippen molar-refractivity contribution in [2.45, 2.75) is 52.4 Å². The molecule has 0 aromatic carbocycles. The Labute approximate surface area is 273 Å². The maximum absolute atomic E-state index is 10.7. The van der Waals surface area contributed by atoms with Crippen LogP contribution in [-0.2, 0) is 42.3 Å². The van der Waals surface area contributed by atoms with E-state index in [9.17, 15) is 25.2 Å². The number of aromatic nitrogens is 4. The van der Waals surface area contributed by atoms with Gasteiger partial charge in [-0.05, 0) is 52.4 Å². The minimum Gasteiger partial charge on any atom is 3.00 e. The Morgan fingerprint density at radius 2 is 0.932 bits per heavy atom. The second-order valence-electron chi connectivity index (χ2n) is 9.37. The van der Waals surface area contributed by atoms with Crippen molar-refractivity contribution in [3.05, 3.63) is 48.6 Å². The Kier molecular flexibility index (Phi) is 15.4. The SMILES string of the molecule is C/C(=N\N=C(/[S-])N1CCCCC1)c1cnccn1.C/C(=N\N=C(/[S-])N1CCCCC1)c1cnccn1.F[P-](F)(F)(F)(F)F.[Fe+3]. The molecule has 0 N–H and O–H groups in total. The molecule has 4 heterocycles. The molecule has 4 rings (SSSR count). The van der Waals surface area contributed by atoms with Gasteiger partial charge >= 0.3 is 50.1 Å². The number of hydrogen-bond donors (Lipinski definition) is 0. The van der Waals surface area contributed by atoms with Gasteiger partial charge in [0.15, 0.2) is 0 Å². The largest absolute Gasteiger partial charge is 3.00 e. The van der Waals surface area contributed by atoms with Crippen molar-refractivity contribution in [3.63, 3.8) is 0 Å². The van der Waals surface area contributed by atoms with Crippen molar-refractivity contribution < 1.29 is 42.3 Å². The third-order valence-electron chi connectivity index (χ3n) is 5.69. The zero-order valence-electron chi connectivity index (χ0n) is 23.9. The van der Waals surface area contributed by atoms with Crippen LogP contribution in [0.15, 0.2) is 57.6 Å². The molecule has 1 radical (unpaired) electrons. The third kappa shape index (κ3) is 18.9. The molecule has 0 aliphatic carbocycles. The van der Waals surface area contributed by atoms with E-state index in [4.69, 9.17) is 25.3 Å². The Balaban J connectivity index is 0.000000357. The topological polar surface area (TPSA) is 107 Å². The molecule has 0 unspecified atom stereocenters. The van der Waals surface area contributed by atoms with Gasteiger partial charge in [0.1, 0.15) is 11.4 Å². The van der Waals surface area contributed by atoms with E-state index in [2.05, 4.69) is 50.1 Å². The van der Waals surface area contributed by atoms with Crippen LogP contribution in [0.2, 0.25) is 0 Å². The molecule has 2 aliphatic heterocycles. The summed E-state index contributed by atoms with van der Waals surface area (Å²) < 4.78 is 59.2. The van der Waals surface area contributed by atoms with Crippen LogP contribution in [0.4, 0.5) is 25.2 Å². The predicted molar refractivity (Wildman–Crippen MR) is 163 cm³/mol. The molecule has 2 aromatic rings. The van der Waals surface area contributed by atoms with Crippen LogP contribution in [0, 0.1) is 0 Å². The Hall–Kier alpha value is -2.59. The number of piperidine rings is 2. The van der Waals surface area contributed by atoms with E-state index >= 15 is 0 Å². The molecule has 0 amide bonds. The van der Waals surface area contributed by atoms with Gasteiger partial charge in [0.25, 0.3) is 0 Å². The molecule has 245 valence electrons. The van der Waals surface area contributed by atoms with Gasteiger partial charge in [-0.2, -0.15) is 20.4 Å². The number of nitrogens with zero attached hydrogens (tertiary/aromatic N) is 10. The summed E-state index contributed by atoms with van der Waals surface area (Å²) in [5, 5.41) is 17.6. The maximum atomic E-state index is 9.87. The van der Waals surface area contributed by atoms with Gasteiger partial charge < -0.3 is 35.1 Å². The number of amidine groups is 2. The smallest absolute Gasteiger partial charge is 3.00 e. The fourth-order valence-electron chi connectivity index (χ4n) is 3.61. The summed E-state index contributed by atoms with van der Waals surface area (Å²) in [7, 11) is -10.7. The minimum atomic E-state index is -10.7. The molecule has 10 nitrogen and oxygen atoms in total. The van der Waals surface area contributed by atoms with E-state index in [-0.39, 0.29) is 17.1 Å². The number of likely N-dealkylation sites (tertiary alicyclic amines) is 2. The average molecular weight is 726 g/mol. The molecule has 0 saturated carbocycles. The molecule has 2 fully saturated rings. The van der Waals surface area contributed by atoms with Gasteiger partial charge in [-0.15, -0.1) is 0 Å². The van der Waals surface area contributed by atoms with Gasteiger partial charge in [0, 0.05) is 61.3 Å². The van der Waals surface area contributed by atoms with E-state index in [0.717, 1.165) is 49.0 Å². The summed E-state index contributed by atoms with van der Waals surface area (Å²) in [6.07, 6.45) is 17.2. The van der Waals surface area contributed by atoms with Gasteiger partial charge in [-0.1, -0.05) is 0 Å². The Bertz CT molecular complexity index is 1180. The van der Waals surface area contributed by atoms with Crippen molar-refractivity contribution in [3.8, 4) is 0 Å². The first-order valence-corrected chi connectivity index (χ1v) is 16.0. The monoisotopic (exact) mass is 725 g/mol. The average Bonchev–Trinajstić information content (AvgIpc) is 2.99. The zero-order chi connectivity index (χ0) is 32.0. The van der Waals surface area contributed by atoms with Crippen molar-refractivity contribution in [1.29, 1.82) is 0 Å². The summed E-state index contributed by atoms with van der Waals surface area (Å²) in [4.78, 5) is 20.5. The summed E-state index contributed by atoms with van der Waals surface area (Å²) in [6, 6.07) is 0. The van der Waals surface area contributed by atoms with Gasteiger partial charge in [-0.25, -0.2) is 0 Å². The quantitative estimate of drug-likeness (QED) is 0.0664. The minimum absolute atomic E-state index is 0. The van der Waals surface area contributed by atoms with Crippen LogP contribution in [0.1, 0.15) is 63.8 Å². The fourth-order valence-corrected chi connectivity index (χ4v) is 4.05. The molecule has 2 saturated heterocycles. The first-order chi connectivity index (χ1) is 20.0.